The van der Waals surface area contributed by atoms with Crippen LogP contribution in [0.4, 0.5) is 0 Å². The maximum absolute atomic E-state index is 11.6. The van der Waals surface area contributed by atoms with Crippen LogP contribution in [0.15, 0.2) is 0 Å². The van der Waals surface area contributed by atoms with E-state index in [1.165, 1.54) is 12.2 Å². The van der Waals surface area contributed by atoms with E-state index in [0.29, 0.717) is 0 Å². The van der Waals surface area contributed by atoms with Crippen molar-refractivity contribution < 1.29 is 9.63 Å². The lowest BCUT2D eigenvalue weighted by Gasteiger charge is -2.27. The van der Waals surface area contributed by atoms with Crippen LogP contribution >= 0.6 is 0 Å². The summed E-state index contributed by atoms with van der Waals surface area (Å²) >= 11 is 0. The van der Waals surface area contributed by atoms with Gasteiger partial charge in [-0.25, -0.2) is 5.06 Å². The van der Waals surface area contributed by atoms with Crippen LogP contribution in [0, 0.1) is 5.41 Å². The van der Waals surface area contributed by atoms with Crippen molar-refractivity contribution >= 4 is 5.91 Å². The standard InChI is InChI=1S/C9H19NO2/c1-6-7-9(2,3)8(11)10(4)12-5/h6-7H2,1-5H3. The van der Waals surface area contributed by atoms with Crippen molar-refractivity contribution in [1.29, 1.82) is 0 Å². The van der Waals surface area contributed by atoms with Crippen LogP contribution in [0.25, 0.3) is 0 Å². The normalized spacial score (nSPS) is 11.4. The Hall–Kier alpha value is -0.570. The van der Waals surface area contributed by atoms with Crippen LogP contribution in [0.5, 0.6) is 0 Å². The molecule has 0 aromatic carbocycles. The maximum Gasteiger partial charge on any atom is 0.251 e. The molecule has 0 aliphatic heterocycles. The fourth-order valence-corrected chi connectivity index (χ4v) is 1.24. The van der Waals surface area contributed by atoms with Crippen molar-refractivity contribution in [1.82, 2.24) is 5.06 Å². The minimum atomic E-state index is -0.306. The maximum atomic E-state index is 11.6. The fraction of sp³-hybridized carbons (Fsp3) is 0.889. The third-order valence-corrected chi connectivity index (χ3v) is 2.01. The molecule has 12 heavy (non-hydrogen) atoms. The molecule has 1 amide bonds. The lowest BCUT2D eigenvalue weighted by Crippen LogP contribution is -2.37. The van der Waals surface area contributed by atoms with E-state index in [0.717, 1.165) is 12.8 Å². The molecule has 3 heteroatoms. The molecule has 0 heterocycles. The first kappa shape index (κ1) is 11.4. The van der Waals surface area contributed by atoms with E-state index in [1.807, 2.05) is 13.8 Å². The van der Waals surface area contributed by atoms with E-state index < -0.39 is 0 Å². The molecular formula is C9H19NO2. The van der Waals surface area contributed by atoms with Crippen LogP contribution in [0.2, 0.25) is 0 Å². The molecule has 0 rings (SSSR count). The van der Waals surface area contributed by atoms with Crippen LogP contribution in [-0.2, 0) is 9.63 Å². The summed E-state index contributed by atoms with van der Waals surface area (Å²) in [6.45, 7) is 5.95. The van der Waals surface area contributed by atoms with Gasteiger partial charge in [-0.2, -0.15) is 0 Å². The molecule has 0 atom stereocenters. The average Bonchev–Trinajstić information content (AvgIpc) is 2.01. The van der Waals surface area contributed by atoms with Gasteiger partial charge in [0.15, 0.2) is 0 Å². The Kier molecular flexibility index (Phi) is 4.24. The highest BCUT2D eigenvalue weighted by Gasteiger charge is 2.29. The van der Waals surface area contributed by atoms with Crippen LogP contribution in [0.3, 0.4) is 0 Å². The number of carbonyl (C=O) groups is 1. The molecule has 0 aromatic rings. The molecule has 0 radical (unpaired) electrons. The van der Waals surface area contributed by atoms with Gasteiger partial charge < -0.3 is 0 Å². The van der Waals surface area contributed by atoms with Gasteiger partial charge in [-0.05, 0) is 6.42 Å². The molecule has 72 valence electrons. The molecule has 0 fully saturated rings. The van der Waals surface area contributed by atoms with Gasteiger partial charge in [0, 0.05) is 12.5 Å². The molecule has 0 saturated carbocycles. The second-order valence-electron chi connectivity index (χ2n) is 3.62. The third-order valence-electron chi connectivity index (χ3n) is 2.01. The smallest absolute Gasteiger partial charge is 0.251 e. The summed E-state index contributed by atoms with van der Waals surface area (Å²) in [6.07, 6.45) is 1.90. The van der Waals surface area contributed by atoms with Crippen molar-refractivity contribution in [2.75, 3.05) is 14.2 Å². The van der Waals surface area contributed by atoms with E-state index >= 15 is 0 Å². The molecule has 0 aliphatic rings. The monoisotopic (exact) mass is 173 g/mol. The van der Waals surface area contributed by atoms with Gasteiger partial charge in [0.1, 0.15) is 0 Å². The van der Waals surface area contributed by atoms with Crippen molar-refractivity contribution in [3.8, 4) is 0 Å². The molecule has 0 saturated heterocycles. The zero-order valence-electron chi connectivity index (χ0n) is 8.68. The van der Waals surface area contributed by atoms with Crippen LogP contribution < -0.4 is 0 Å². The Labute approximate surface area is 74.6 Å². The van der Waals surface area contributed by atoms with Crippen molar-refractivity contribution in [2.45, 2.75) is 33.6 Å². The highest BCUT2D eigenvalue weighted by molar-refractivity contribution is 5.80. The van der Waals surface area contributed by atoms with Crippen molar-refractivity contribution in [2.24, 2.45) is 5.41 Å². The van der Waals surface area contributed by atoms with E-state index in [9.17, 15) is 4.79 Å². The summed E-state index contributed by atoms with van der Waals surface area (Å²) in [5, 5.41) is 1.29. The third kappa shape index (κ3) is 2.81. The molecule has 0 unspecified atom stereocenters. The highest BCUT2D eigenvalue weighted by Crippen LogP contribution is 2.24. The lowest BCUT2D eigenvalue weighted by molar-refractivity contribution is -0.179. The Balaban J connectivity index is 4.24. The first-order valence-corrected chi connectivity index (χ1v) is 4.28. The average molecular weight is 173 g/mol. The molecule has 3 nitrogen and oxygen atoms in total. The molecule has 0 bridgehead atoms. The van der Waals surface area contributed by atoms with Crippen molar-refractivity contribution in [3.05, 3.63) is 0 Å². The zero-order valence-corrected chi connectivity index (χ0v) is 8.68. The first-order valence-electron chi connectivity index (χ1n) is 4.28. The predicted octanol–water partition coefficient (Wildman–Crippen LogP) is 1.83. The minimum Gasteiger partial charge on any atom is -0.275 e. The number of nitrogens with zero attached hydrogens (tertiary/aromatic N) is 1. The van der Waals surface area contributed by atoms with Crippen molar-refractivity contribution in [3.63, 3.8) is 0 Å². The quantitative estimate of drug-likeness (QED) is 0.607. The van der Waals surface area contributed by atoms with Crippen LogP contribution in [-0.4, -0.2) is 25.1 Å². The summed E-state index contributed by atoms with van der Waals surface area (Å²) in [7, 11) is 3.14. The minimum absolute atomic E-state index is 0.0341. The Morgan fingerprint density at radius 3 is 2.33 bits per heavy atom. The number of amides is 1. The van der Waals surface area contributed by atoms with E-state index in [4.69, 9.17) is 4.84 Å². The summed E-state index contributed by atoms with van der Waals surface area (Å²) in [4.78, 5) is 16.4. The van der Waals surface area contributed by atoms with Gasteiger partial charge in [-0.3, -0.25) is 9.63 Å². The Morgan fingerprint density at radius 2 is 2.00 bits per heavy atom. The Morgan fingerprint density at radius 1 is 1.50 bits per heavy atom. The summed E-state index contributed by atoms with van der Waals surface area (Å²) < 4.78 is 0. The number of hydrogen-bond donors (Lipinski definition) is 0. The van der Waals surface area contributed by atoms with Gasteiger partial charge in [0.25, 0.3) is 5.91 Å². The zero-order chi connectivity index (χ0) is 9.78. The summed E-state index contributed by atoms with van der Waals surface area (Å²) in [5.41, 5.74) is -0.306. The van der Waals surface area contributed by atoms with Gasteiger partial charge >= 0.3 is 0 Å². The van der Waals surface area contributed by atoms with E-state index in [2.05, 4.69) is 6.92 Å². The number of hydroxylamine groups is 2. The summed E-state index contributed by atoms with van der Waals surface area (Å²) in [6, 6.07) is 0. The van der Waals surface area contributed by atoms with E-state index in [1.54, 1.807) is 7.05 Å². The van der Waals surface area contributed by atoms with E-state index in [-0.39, 0.29) is 11.3 Å². The van der Waals surface area contributed by atoms with Gasteiger partial charge in [-0.15, -0.1) is 0 Å². The molecular weight excluding hydrogens is 154 g/mol. The lowest BCUT2D eigenvalue weighted by atomic mass is 9.87. The highest BCUT2D eigenvalue weighted by atomic mass is 16.7. The molecule has 0 aliphatic carbocycles. The second-order valence-corrected chi connectivity index (χ2v) is 3.62. The molecule has 0 spiro atoms. The van der Waals surface area contributed by atoms with Gasteiger partial charge in [-0.1, -0.05) is 27.2 Å². The number of rotatable bonds is 4. The number of carbonyl (C=O) groups excluding carboxylic acids is 1. The Bertz CT molecular complexity index is 155. The second kappa shape index (κ2) is 4.45. The largest absolute Gasteiger partial charge is 0.275 e. The first-order chi connectivity index (χ1) is 5.45. The summed E-state index contributed by atoms with van der Waals surface area (Å²) in [5.74, 6) is 0.0341. The van der Waals surface area contributed by atoms with Crippen LogP contribution in [0.1, 0.15) is 33.6 Å². The van der Waals surface area contributed by atoms with Gasteiger partial charge in [0.2, 0.25) is 0 Å². The fourth-order valence-electron chi connectivity index (χ4n) is 1.24. The molecule has 0 N–H and O–H groups in total. The molecule has 0 aromatic heterocycles. The topological polar surface area (TPSA) is 29.5 Å². The van der Waals surface area contributed by atoms with Gasteiger partial charge in [0.05, 0.1) is 7.11 Å². The SMILES string of the molecule is CCCC(C)(C)C(=O)N(C)OC. The number of hydrogen-bond acceptors (Lipinski definition) is 2. The predicted molar refractivity (Wildman–Crippen MR) is 48.5 cm³/mol.